The van der Waals surface area contributed by atoms with Gasteiger partial charge in [0.2, 0.25) is 0 Å². The normalized spacial score (nSPS) is 17.8. The summed E-state index contributed by atoms with van der Waals surface area (Å²) in [6.45, 7) is 8.89. The third-order valence-electron chi connectivity index (χ3n) is 5.85. The number of piperazine rings is 1. The molecule has 1 N–H and O–H groups in total. The second-order valence-electron chi connectivity index (χ2n) is 8.12. The highest BCUT2D eigenvalue weighted by atomic mass is 16.5. The van der Waals surface area contributed by atoms with Crippen molar-refractivity contribution in [3.8, 4) is 5.75 Å². The Morgan fingerprint density at radius 1 is 0.903 bits per heavy atom. The Kier molecular flexibility index (Phi) is 8.49. The van der Waals surface area contributed by atoms with Crippen LogP contribution in [0.4, 0.5) is 0 Å². The zero-order chi connectivity index (χ0) is 22.2. The first-order valence-electron chi connectivity index (χ1n) is 11.5. The highest BCUT2D eigenvalue weighted by Gasteiger charge is 2.41. The first-order valence-corrected chi connectivity index (χ1v) is 11.5. The molecular formula is C24H35N3O4. The molecule has 1 aromatic rings. The predicted octanol–water partition coefficient (Wildman–Crippen LogP) is 2.36. The number of hydrogen-bond donors (Lipinski definition) is 1. The fourth-order valence-corrected chi connectivity index (χ4v) is 4.11. The third-order valence-corrected chi connectivity index (χ3v) is 5.85. The number of rotatable bonds is 11. The van der Waals surface area contributed by atoms with Crippen LogP contribution in [0, 0.1) is 0 Å². The van der Waals surface area contributed by atoms with Gasteiger partial charge in [-0.2, -0.15) is 0 Å². The van der Waals surface area contributed by atoms with Gasteiger partial charge in [-0.05, 0) is 30.5 Å². The number of carbonyl (C=O) groups is 2. The zero-order valence-electron chi connectivity index (χ0n) is 18.8. The van der Waals surface area contributed by atoms with E-state index in [1.807, 2.05) is 29.2 Å². The predicted molar refractivity (Wildman–Crippen MR) is 120 cm³/mol. The quantitative estimate of drug-likeness (QED) is 0.430. The number of amides is 2. The molecule has 2 amide bonds. The average Bonchev–Trinajstić information content (AvgIpc) is 3.04. The Balaban J connectivity index is 1.87. The van der Waals surface area contributed by atoms with Crippen LogP contribution in [-0.2, 0) is 9.59 Å². The molecule has 3 rings (SSSR count). The van der Waals surface area contributed by atoms with Gasteiger partial charge < -0.3 is 14.7 Å². The van der Waals surface area contributed by atoms with Crippen molar-refractivity contribution >= 4 is 17.4 Å². The minimum atomic E-state index is -0.198. The fourth-order valence-electron chi connectivity index (χ4n) is 4.11. The zero-order valence-corrected chi connectivity index (χ0v) is 18.8. The molecule has 7 heteroatoms. The van der Waals surface area contributed by atoms with Crippen LogP contribution in [0.3, 0.4) is 0 Å². The van der Waals surface area contributed by atoms with E-state index in [0.29, 0.717) is 44.1 Å². The number of nitrogens with zero attached hydrogens (tertiary/aromatic N) is 3. The summed E-state index contributed by atoms with van der Waals surface area (Å²) in [7, 11) is 0. The van der Waals surface area contributed by atoms with Crippen LogP contribution in [0.25, 0.3) is 5.57 Å². The molecule has 0 aliphatic carbocycles. The lowest BCUT2D eigenvalue weighted by Gasteiger charge is -2.36. The summed E-state index contributed by atoms with van der Waals surface area (Å²) in [5, 5.41) is 9.20. The average molecular weight is 430 g/mol. The van der Waals surface area contributed by atoms with Crippen molar-refractivity contribution in [1.82, 2.24) is 14.7 Å². The molecule has 1 saturated heterocycles. The number of aliphatic hydroxyl groups is 1. The SMILES string of the molecule is CCCCCN1C(=O)C(c2ccc(OCCC)cc2)=C(N2CCN(CCO)CC2)C1=O. The van der Waals surface area contributed by atoms with Gasteiger partial charge in [0.15, 0.2) is 0 Å². The molecule has 0 bridgehead atoms. The number of carbonyl (C=O) groups excluding carboxylic acids is 2. The molecule has 1 aromatic carbocycles. The standard InChI is InChI=1S/C24H35N3O4/c1-3-5-6-11-27-23(29)21(19-7-9-20(10-8-19)31-18-4-2)22(24(27)30)26-14-12-25(13-15-26)16-17-28/h7-10,28H,3-6,11-18H2,1-2H3. The monoisotopic (exact) mass is 429 g/mol. The molecule has 0 aromatic heterocycles. The molecule has 2 aliphatic rings. The van der Waals surface area contributed by atoms with Gasteiger partial charge in [-0.25, -0.2) is 0 Å². The van der Waals surface area contributed by atoms with Gasteiger partial charge in [0, 0.05) is 39.3 Å². The van der Waals surface area contributed by atoms with E-state index in [1.54, 1.807) is 0 Å². The molecule has 2 heterocycles. The maximum Gasteiger partial charge on any atom is 0.277 e. The Bertz CT molecular complexity index is 783. The number of β-amino-alcohol motifs (C(OH)–C–C–N with tert-alkyl or cyclic N) is 1. The van der Waals surface area contributed by atoms with E-state index in [-0.39, 0.29) is 18.4 Å². The Labute approximate surface area is 185 Å². The molecule has 2 aliphatic heterocycles. The Hall–Kier alpha value is -2.38. The van der Waals surface area contributed by atoms with Crippen molar-refractivity contribution in [1.29, 1.82) is 0 Å². The lowest BCUT2D eigenvalue weighted by Crippen LogP contribution is -2.48. The maximum atomic E-state index is 13.3. The van der Waals surface area contributed by atoms with Crippen molar-refractivity contribution in [3.63, 3.8) is 0 Å². The van der Waals surface area contributed by atoms with Gasteiger partial charge >= 0.3 is 0 Å². The lowest BCUT2D eigenvalue weighted by molar-refractivity contribution is -0.137. The van der Waals surface area contributed by atoms with Gasteiger partial charge in [-0.1, -0.05) is 38.8 Å². The van der Waals surface area contributed by atoms with E-state index in [4.69, 9.17) is 4.74 Å². The summed E-state index contributed by atoms with van der Waals surface area (Å²) in [4.78, 5) is 32.3. The minimum Gasteiger partial charge on any atom is -0.494 e. The summed E-state index contributed by atoms with van der Waals surface area (Å²) in [6, 6.07) is 7.49. The number of hydrogen-bond acceptors (Lipinski definition) is 6. The highest BCUT2D eigenvalue weighted by Crippen LogP contribution is 2.33. The number of unbranched alkanes of at least 4 members (excludes halogenated alkanes) is 2. The van der Waals surface area contributed by atoms with Crippen LogP contribution in [0.1, 0.15) is 45.1 Å². The fraction of sp³-hybridized carbons (Fsp3) is 0.583. The highest BCUT2D eigenvalue weighted by molar-refractivity contribution is 6.35. The van der Waals surface area contributed by atoms with Crippen LogP contribution < -0.4 is 4.74 Å². The van der Waals surface area contributed by atoms with Crippen LogP contribution in [-0.4, -0.2) is 84.1 Å². The summed E-state index contributed by atoms with van der Waals surface area (Å²) in [6.07, 6.45) is 3.78. The number of aliphatic hydroxyl groups excluding tert-OH is 1. The number of imide groups is 1. The van der Waals surface area contributed by atoms with Gasteiger partial charge in [-0.3, -0.25) is 19.4 Å². The van der Waals surface area contributed by atoms with E-state index in [0.717, 1.165) is 50.1 Å². The molecule has 1 fully saturated rings. The van der Waals surface area contributed by atoms with Gasteiger partial charge in [0.05, 0.1) is 18.8 Å². The molecule has 0 radical (unpaired) electrons. The summed E-state index contributed by atoms with van der Waals surface area (Å²) < 4.78 is 5.67. The van der Waals surface area contributed by atoms with Crippen LogP contribution in [0.5, 0.6) is 5.75 Å². The van der Waals surface area contributed by atoms with Crippen molar-refractivity contribution < 1.29 is 19.4 Å². The van der Waals surface area contributed by atoms with Crippen LogP contribution in [0.2, 0.25) is 0 Å². The topological polar surface area (TPSA) is 73.3 Å². The Morgan fingerprint density at radius 3 is 2.23 bits per heavy atom. The number of benzene rings is 1. The van der Waals surface area contributed by atoms with Crippen molar-refractivity contribution in [2.75, 3.05) is 52.5 Å². The number of ether oxygens (including phenoxy) is 1. The molecule has 0 spiro atoms. The summed E-state index contributed by atoms with van der Waals surface area (Å²) >= 11 is 0. The first-order chi connectivity index (χ1) is 15.1. The molecular weight excluding hydrogens is 394 g/mol. The maximum absolute atomic E-state index is 13.3. The van der Waals surface area contributed by atoms with Crippen LogP contribution in [0.15, 0.2) is 30.0 Å². The Morgan fingerprint density at radius 2 is 1.61 bits per heavy atom. The van der Waals surface area contributed by atoms with E-state index in [2.05, 4.69) is 18.7 Å². The minimum absolute atomic E-state index is 0.128. The smallest absolute Gasteiger partial charge is 0.277 e. The van der Waals surface area contributed by atoms with Crippen LogP contribution >= 0.6 is 0 Å². The van der Waals surface area contributed by atoms with E-state index >= 15 is 0 Å². The molecule has 0 unspecified atom stereocenters. The molecule has 0 atom stereocenters. The summed E-state index contributed by atoms with van der Waals surface area (Å²) in [5.74, 6) is 0.385. The van der Waals surface area contributed by atoms with Crippen molar-refractivity contribution in [2.24, 2.45) is 0 Å². The van der Waals surface area contributed by atoms with Gasteiger partial charge in [0.1, 0.15) is 11.4 Å². The molecule has 31 heavy (non-hydrogen) atoms. The van der Waals surface area contributed by atoms with Crippen molar-refractivity contribution in [3.05, 3.63) is 35.5 Å². The van der Waals surface area contributed by atoms with Crippen molar-refractivity contribution in [2.45, 2.75) is 39.5 Å². The van der Waals surface area contributed by atoms with E-state index in [1.165, 1.54) is 4.90 Å². The molecule has 0 saturated carbocycles. The second kappa shape index (κ2) is 11.3. The van der Waals surface area contributed by atoms with E-state index < -0.39 is 0 Å². The molecule has 170 valence electrons. The molecule has 7 nitrogen and oxygen atoms in total. The summed E-state index contributed by atoms with van der Waals surface area (Å²) in [5.41, 5.74) is 1.78. The first kappa shape index (κ1) is 23.3. The van der Waals surface area contributed by atoms with E-state index in [9.17, 15) is 14.7 Å². The van der Waals surface area contributed by atoms with Gasteiger partial charge in [0.25, 0.3) is 11.8 Å². The largest absolute Gasteiger partial charge is 0.494 e. The third kappa shape index (κ3) is 5.46. The second-order valence-corrected chi connectivity index (χ2v) is 8.12. The lowest BCUT2D eigenvalue weighted by atomic mass is 10.0. The van der Waals surface area contributed by atoms with Gasteiger partial charge in [-0.15, -0.1) is 0 Å².